The predicted octanol–water partition coefficient (Wildman–Crippen LogP) is 3.12. The Morgan fingerprint density at radius 3 is 3.00 bits per heavy atom. The molecule has 1 unspecified atom stereocenters. The van der Waals surface area contributed by atoms with Gasteiger partial charge in [0.2, 0.25) is 0 Å². The van der Waals surface area contributed by atoms with Crippen LogP contribution in [0.15, 0.2) is 28.7 Å². The number of hydrogen-bond acceptors (Lipinski definition) is 3. The molecule has 0 bridgehead atoms. The van der Waals surface area contributed by atoms with E-state index in [-0.39, 0.29) is 6.04 Å². The standard InChI is InChI=1S/C15H17NO2/c1-4-5-9-16-11(2)14-10-12-7-6-8-13(17-3)15(12)18-14/h6-8,10-11,16H,9H2,1-3H3. The SMILES string of the molecule is CC#CCNC(C)c1cc2cccc(OC)c2o1. The van der Waals surface area contributed by atoms with Gasteiger partial charge in [-0.2, -0.15) is 0 Å². The summed E-state index contributed by atoms with van der Waals surface area (Å²) in [6.45, 7) is 4.55. The molecular formula is C15H17NO2. The van der Waals surface area contributed by atoms with Crippen LogP contribution in [0.3, 0.4) is 0 Å². The molecule has 0 radical (unpaired) electrons. The summed E-state index contributed by atoms with van der Waals surface area (Å²) < 4.78 is 11.1. The van der Waals surface area contributed by atoms with E-state index in [0.29, 0.717) is 6.54 Å². The number of hydrogen-bond donors (Lipinski definition) is 1. The number of ether oxygens (including phenoxy) is 1. The molecule has 2 rings (SSSR count). The van der Waals surface area contributed by atoms with Crippen molar-refractivity contribution in [1.82, 2.24) is 5.32 Å². The molecule has 3 heteroatoms. The molecular weight excluding hydrogens is 226 g/mol. The molecule has 18 heavy (non-hydrogen) atoms. The second-order valence-corrected chi connectivity index (χ2v) is 4.06. The van der Waals surface area contributed by atoms with Gasteiger partial charge in [-0.25, -0.2) is 0 Å². The number of para-hydroxylation sites is 1. The largest absolute Gasteiger partial charge is 0.493 e. The van der Waals surface area contributed by atoms with Crippen LogP contribution in [-0.2, 0) is 0 Å². The highest BCUT2D eigenvalue weighted by molar-refractivity contribution is 5.83. The minimum Gasteiger partial charge on any atom is -0.493 e. The second kappa shape index (κ2) is 5.61. The third kappa shape index (κ3) is 2.49. The molecule has 0 aliphatic heterocycles. The zero-order chi connectivity index (χ0) is 13.0. The fourth-order valence-electron chi connectivity index (χ4n) is 1.82. The van der Waals surface area contributed by atoms with Crippen molar-refractivity contribution in [3.63, 3.8) is 0 Å². The lowest BCUT2D eigenvalue weighted by Crippen LogP contribution is -2.18. The Morgan fingerprint density at radius 1 is 1.44 bits per heavy atom. The molecule has 0 aliphatic rings. The average molecular weight is 243 g/mol. The van der Waals surface area contributed by atoms with Crippen molar-refractivity contribution >= 4 is 11.0 Å². The van der Waals surface area contributed by atoms with E-state index in [0.717, 1.165) is 22.5 Å². The maximum absolute atomic E-state index is 5.85. The number of nitrogens with one attached hydrogen (secondary N) is 1. The fourth-order valence-corrected chi connectivity index (χ4v) is 1.82. The first-order valence-electron chi connectivity index (χ1n) is 5.95. The Hall–Kier alpha value is -1.92. The molecule has 0 fully saturated rings. The van der Waals surface area contributed by atoms with Gasteiger partial charge in [0, 0.05) is 5.39 Å². The highest BCUT2D eigenvalue weighted by atomic mass is 16.5. The van der Waals surface area contributed by atoms with E-state index in [1.54, 1.807) is 7.11 Å². The minimum absolute atomic E-state index is 0.128. The summed E-state index contributed by atoms with van der Waals surface area (Å²) >= 11 is 0. The summed E-state index contributed by atoms with van der Waals surface area (Å²) in [4.78, 5) is 0. The van der Waals surface area contributed by atoms with Crippen molar-refractivity contribution < 1.29 is 9.15 Å². The summed E-state index contributed by atoms with van der Waals surface area (Å²) in [6, 6.07) is 8.04. The molecule has 1 aromatic carbocycles. The summed E-state index contributed by atoms with van der Waals surface area (Å²) in [5.74, 6) is 7.49. The van der Waals surface area contributed by atoms with Crippen LogP contribution in [-0.4, -0.2) is 13.7 Å². The summed E-state index contributed by atoms with van der Waals surface area (Å²) in [7, 11) is 1.65. The van der Waals surface area contributed by atoms with Crippen molar-refractivity contribution in [3.8, 4) is 17.6 Å². The Kier molecular flexibility index (Phi) is 3.91. The molecule has 2 aromatic rings. The lowest BCUT2D eigenvalue weighted by Gasteiger charge is -2.07. The summed E-state index contributed by atoms with van der Waals surface area (Å²) in [5.41, 5.74) is 0.797. The van der Waals surface area contributed by atoms with Crippen molar-refractivity contribution in [2.45, 2.75) is 19.9 Å². The van der Waals surface area contributed by atoms with E-state index in [1.807, 2.05) is 31.2 Å². The van der Waals surface area contributed by atoms with Crippen LogP contribution >= 0.6 is 0 Å². The number of benzene rings is 1. The predicted molar refractivity (Wildman–Crippen MR) is 72.6 cm³/mol. The van der Waals surface area contributed by atoms with Gasteiger partial charge in [0.05, 0.1) is 19.7 Å². The molecule has 94 valence electrons. The molecule has 0 aliphatic carbocycles. The first-order chi connectivity index (χ1) is 8.76. The Morgan fingerprint density at radius 2 is 2.28 bits per heavy atom. The van der Waals surface area contributed by atoms with Gasteiger partial charge in [-0.3, -0.25) is 5.32 Å². The Labute approximate surface area is 107 Å². The molecule has 0 saturated carbocycles. The summed E-state index contributed by atoms with van der Waals surface area (Å²) in [5, 5.41) is 4.35. The van der Waals surface area contributed by atoms with Gasteiger partial charge in [0.1, 0.15) is 5.76 Å². The van der Waals surface area contributed by atoms with E-state index in [1.165, 1.54) is 0 Å². The maximum atomic E-state index is 5.85. The van der Waals surface area contributed by atoms with E-state index >= 15 is 0 Å². The van der Waals surface area contributed by atoms with Gasteiger partial charge in [0.25, 0.3) is 0 Å². The molecule has 0 amide bonds. The lowest BCUT2D eigenvalue weighted by molar-refractivity contribution is 0.401. The quantitative estimate of drug-likeness (QED) is 0.838. The first-order valence-corrected chi connectivity index (χ1v) is 5.95. The van der Waals surface area contributed by atoms with Crippen LogP contribution in [0, 0.1) is 11.8 Å². The van der Waals surface area contributed by atoms with Crippen LogP contribution in [0.2, 0.25) is 0 Å². The van der Waals surface area contributed by atoms with Gasteiger partial charge in [-0.15, -0.1) is 5.92 Å². The van der Waals surface area contributed by atoms with Crippen molar-refractivity contribution in [2.75, 3.05) is 13.7 Å². The van der Waals surface area contributed by atoms with Gasteiger partial charge in [-0.05, 0) is 26.0 Å². The molecule has 1 atom stereocenters. The molecule has 1 heterocycles. The van der Waals surface area contributed by atoms with Crippen molar-refractivity contribution in [2.24, 2.45) is 0 Å². The van der Waals surface area contributed by atoms with E-state index < -0.39 is 0 Å². The Bertz CT molecular complexity index is 589. The second-order valence-electron chi connectivity index (χ2n) is 4.06. The molecule has 1 N–H and O–H groups in total. The Balaban J connectivity index is 2.25. The monoisotopic (exact) mass is 243 g/mol. The molecule has 1 aromatic heterocycles. The zero-order valence-corrected chi connectivity index (χ0v) is 10.9. The zero-order valence-electron chi connectivity index (χ0n) is 10.9. The van der Waals surface area contributed by atoms with Crippen LogP contribution in [0.25, 0.3) is 11.0 Å². The number of rotatable bonds is 4. The van der Waals surface area contributed by atoms with E-state index in [4.69, 9.17) is 9.15 Å². The van der Waals surface area contributed by atoms with Gasteiger partial charge < -0.3 is 9.15 Å². The van der Waals surface area contributed by atoms with Gasteiger partial charge >= 0.3 is 0 Å². The van der Waals surface area contributed by atoms with Gasteiger partial charge in [0.15, 0.2) is 11.3 Å². The smallest absolute Gasteiger partial charge is 0.176 e. The number of fused-ring (bicyclic) bond motifs is 1. The highest BCUT2D eigenvalue weighted by Gasteiger charge is 2.12. The van der Waals surface area contributed by atoms with Gasteiger partial charge in [-0.1, -0.05) is 18.1 Å². The minimum atomic E-state index is 0.128. The topological polar surface area (TPSA) is 34.4 Å². The summed E-state index contributed by atoms with van der Waals surface area (Å²) in [6.07, 6.45) is 0. The molecule has 0 spiro atoms. The number of methoxy groups -OCH3 is 1. The normalized spacial score (nSPS) is 11.9. The molecule has 3 nitrogen and oxygen atoms in total. The van der Waals surface area contributed by atoms with Crippen LogP contribution in [0.1, 0.15) is 25.6 Å². The maximum Gasteiger partial charge on any atom is 0.176 e. The molecule has 0 saturated heterocycles. The fraction of sp³-hybridized carbons (Fsp3) is 0.333. The van der Waals surface area contributed by atoms with Crippen molar-refractivity contribution in [1.29, 1.82) is 0 Å². The van der Waals surface area contributed by atoms with Crippen molar-refractivity contribution in [3.05, 3.63) is 30.0 Å². The van der Waals surface area contributed by atoms with E-state index in [9.17, 15) is 0 Å². The third-order valence-electron chi connectivity index (χ3n) is 2.85. The van der Waals surface area contributed by atoms with Crippen LogP contribution in [0.5, 0.6) is 5.75 Å². The average Bonchev–Trinajstić information content (AvgIpc) is 2.82. The number of furan rings is 1. The first kappa shape index (κ1) is 12.5. The van der Waals surface area contributed by atoms with E-state index in [2.05, 4.69) is 24.1 Å². The van der Waals surface area contributed by atoms with Crippen LogP contribution in [0.4, 0.5) is 0 Å². The highest BCUT2D eigenvalue weighted by Crippen LogP contribution is 2.30. The van der Waals surface area contributed by atoms with Crippen LogP contribution < -0.4 is 10.1 Å². The third-order valence-corrected chi connectivity index (χ3v) is 2.85. The lowest BCUT2D eigenvalue weighted by atomic mass is 10.2.